The maximum Gasteiger partial charge on any atom is 0.149 e. The highest BCUT2D eigenvalue weighted by Crippen LogP contribution is 2.26. The summed E-state index contributed by atoms with van der Waals surface area (Å²) in [6.45, 7) is 0.995. The molecule has 13 heavy (non-hydrogen) atoms. The predicted molar refractivity (Wildman–Crippen MR) is 52.9 cm³/mol. The number of nitrogens with one attached hydrogen (secondary N) is 1. The van der Waals surface area contributed by atoms with Crippen molar-refractivity contribution < 1.29 is 0 Å². The number of aromatic nitrogens is 2. The minimum absolute atomic E-state index is 0.443. The molecule has 0 aliphatic heterocycles. The zero-order valence-electron chi connectivity index (χ0n) is 7.33. The average molecular weight is 198 g/mol. The molecule has 2 rings (SSSR count). The van der Waals surface area contributed by atoms with Crippen LogP contribution in [-0.4, -0.2) is 16.5 Å². The molecule has 0 atom stereocenters. The van der Waals surface area contributed by atoms with Crippen LogP contribution in [0.3, 0.4) is 0 Å². The number of anilines is 1. The highest BCUT2D eigenvalue weighted by molar-refractivity contribution is 6.29. The Bertz CT molecular complexity index is 286. The van der Waals surface area contributed by atoms with E-state index >= 15 is 0 Å². The molecule has 1 aromatic rings. The summed E-state index contributed by atoms with van der Waals surface area (Å²) >= 11 is 5.69. The Hall–Kier alpha value is -0.830. The van der Waals surface area contributed by atoms with E-state index in [1.807, 2.05) is 0 Å². The molecule has 0 bridgehead atoms. The third-order valence-corrected chi connectivity index (χ3v) is 2.58. The zero-order valence-corrected chi connectivity index (χ0v) is 8.09. The maximum atomic E-state index is 5.69. The first-order valence-corrected chi connectivity index (χ1v) is 4.94. The third-order valence-electron chi connectivity index (χ3n) is 2.40. The van der Waals surface area contributed by atoms with Gasteiger partial charge in [-0.2, -0.15) is 0 Å². The zero-order chi connectivity index (χ0) is 9.10. The molecule has 1 heterocycles. The van der Waals surface area contributed by atoms with Crippen molar-refractivity contribution in [1.82, 2.24) is 9.97 Å². The van der Waals surface area contributed by atoms with Crippen LogP contribution in [0.1, 0.15) is 19.3 Å². The number of hydrogen-bond donors (Lipinski definition) is 1. The predicted octanol–water partition coefficient (Wildman–Crippen LogP) is 2.34. The number of halogens is 1. The average Bonchev–Trinajstić information content (AvgIpc) is 2.01. The summed E-state index contributed by atoms with van der Waals surface area (Å²) in [5.41, 5.74) is 0. The van der Waals surface area contributed by atoms with Crippen molar-refractivity contribution in [2.45, 2.75) is 19.3 Å². The quantitative estimate of drug-likeness (QED) is 0.809. The molecule has 1 fully saturated rings. The van der Waals surface area contributed by atoms with Crippen LogP contribution >= 0.6 is 11.6 Å². The first-order chi connectivity index (χ1) is 6.34. The van der Waals surface area contributed by atoms with E-state index in [4.69, 9.17) is 11.6 Å². The Labute approximate surface area is 82.5 Å². The van der Waals surface area contributed by atoms with E-state index in [-0.39, 0.29) is 0 Å². The van der Waals surface area contributed by atoms with Crippen molar-refractivity contribution in [3.63, 3.8) is 0 Å². The van der Waals surface area contributed by atoms with Crippen LogP contribution in [0.5, 0.6) is 0 Å². The first kappa shape index (κ1) is 8.75. The largest absolute Gasteiger partial charge is 0.368 e. The second-order valence-corrected chi connectivity index (χ2v) is 3.79. The fraction of sp³-hybridized carbons (Fsp3) is 0.556. The molecule has 0 radical (unpaired) electrons. The monoisotopic (exact) mass is 197 g/mol. The molecule has 1 aliphatic rings. The molecular formula is C9H12ClN3. The van der Waals surface area contributed by atoms with Crippen molar-refractivity contribution in [3.05, 3.63) is 17.5 Å². The Balaban J connectivity index is 1.86. The van der Waals surface area contributed by atoms with Gasteiger partial charge in [0.2, 0.25) is 0 Å². The summed E-state index contributed by atoms with van der Waals surface area (Å²) in [5, 5.41) is 3.67. The first-order valence-electron chi connectivity index (χ1n) is 4.56. The van der Waals surface area contributed by atoms with Gasteiger partial charge < -0.3 is 5.32 Å². The van der Waals surface area contributed by atoms with Crippen LogP contribution in [0, 0.1) is 5.92 Å². The molecule has 0 unspecified atom stereocenters. The van der Waals surface area contributed by atoms with Crippen LogP contribution in [0.4, 0.5) is 5.82 Å². The Kier molecular flexibility index (Phi) is 2.64. The fourth-order valence-corrected chi connectivity index (χ4v) is 1.52. The molecule has 70 valence electrons. The van der Waals surface area contributed by atoms with E-state index in [1.165, 1.54) is 25.5 Å². The lowest BCUT2D eigenvalue weighted by Gasteiger charge is -2.25. The minimum Gasteiger partial charge on any atom is -0.368 e. The SMILES string of the molecule is Clc1cncc(NCC2CCC2)n1. The molecule has 1 N–H and O–H groups in total. The van der Waals surface area contributed by atoms with Crippen LogP contribution in [0.2, 0.25) is 5.15 Å². The summed E-state index contributed by atoms with van der Waals surface area (Å²) in [4.78, 5) is 8.04. The lowest BCUT2D eigenvalue weighted by atomic mass is 9.85. The fourth-order valence-electron chi connectivity index (χ4n) is 1.37. The lowest BCUT2D eigenvalue weighted by molar-refractivity contribution is 0.333. The van der Waals surface area contributed by atoms with Gasteiger partial charge in [0.15, 0.2) is 0 Å². The van der Waals surface area contributed by atoms with Gasteiger partial charge in [-0.3, -0.25) is 4.98 Å². The van der Waals surface area contributed by atoms with Gasteiger partial charge in [0, 0.05) is 6.54 Å². The Morgan fingerprint density at radius 2 is 2.31 bits per heavy atom. The summed E-state index contributed by atoms with van der Waals surface area (Å²) in [7, 11) is 0. The molecule has 3 nitrogen and oxygen atoms in total. The summed E-state index contributed by atoms with van der Waals surface area (Å²) < 4.78 is 0. The van der Waals surface area contributed by atoms with Gasteiger partial charge in [0.05, 0.1) is 12.4 Å². The summed E-state index contributed by atoms with van der Waals surface area (Å²) in [6, 6.07) is 0. The van der Waals surface area contributed by atoms with Crippen molar-refractivity contribution in [1.29, 1.82) is 0 Å². The van der Waals surface area contributed by atoms with Crippen LogP contribution in [-0.2, 0) is 0 Å². The van der Waals surface area contributed by atoms with Gasteiger partial charge in [-0.15, -0.1) is 0 Å². The number of nitrogens with zero attached hydrogens (tertiary/aromatic N) is 2. The molecule has 1 saturated carbocycles. The van der Waals surface area contributed by atoms with E-state index in [1.54, 1.807) is 6.20 Å². The van der Waals surface area contributed by atoms with Gasteiger partial charge in [-0.25, -0.2) is 4.98 Å². The van der Waals surface area contributed by atoms with Gasteiger partial charge in [0.1, 0.15) is 11.0 Å². The molecule has 0 aromatic carbocycles. The molecule has 1 aromatic heterocycles. The molecular weight excluding hydrogens is 186 g/mol. The van der Waals surface area contributed by atoms with Gasteiger partial charge >= 0.3 is 0 Å². The van der Waals surface area contributed by atoms with Crippen molar-refractivity contribution in [2.75, 3.05) is 11.9 Å². The molecule has 0 saturated heterocycles. The Morgan fingerprint density at radius 1 is 1.46 bits per heavy atom. The molecule has 0 spiro atoms. The smallest absolute Gasteiger partial charge is 0.149 e. The second-order valence-electron chi connectivity index (χ2n) is 3.40. The highest BCUT2D eigenvalue weighted by Gasteiger charge is 2.16. The summed E-state index contributed by atoms with van der Waals surface area (Å²) in [6.07, 6.45) is 7.27. The molecule has 0 amide bonds. The molecule has 4 heteroatoms. The van der Waals surface area contributed by atoms with E-state index in [2.05, 4.69) is 15.3 Å². The standard InChI is InChI=1S/C9H12ClN3/c10-8-5-11-6-9(13-8)12-4-7-2-1-3-7/h5-7H,1-4H2,(H,12,13). The van der Waals surface area contributed by atoms with Crippen molar-refractivity contribution >= 4 is 17.4 Å². The van der Waals surface area contributed by atoms with Gasteiger partial charge in [-0.1, -0.05) is 18.0 Å². The number of rotatable bonds is 3. The van der Waals surface area contributed by atoms with Crippen LogP contribution in [0.15, 0.2) is 12.4 Å². The normalized spacial score (nSPS) is 16.7. The topological polar surface area (TPSA) is 37.8 Å². The second kappa shape index (κ2) is 3.92. The lowest BCUT2D eigenvalue weighted by Crippen LogP contribution is -2.21. The minimum atomic E-state index is 0.443. The van der Waals surface area contributed by atoms with Crippen LogP contribution in [0.25, 0.3) is 0 Å². The Morgan fingerprint density at radius 3 is 2.92 bits per heavy atom. The van der Waals surface area contributed by atoms with Crippen LogP contribution < -0.4 is 5.32 Å². The van der Waals surface area contributed by atoms with E-state index in [9.17, 15) is 0 Å². The van der Waals surface area contributed by atoms with Crippen molar-refractivity contribution in [2.24, 2.45) is 5.92 Å². The third kappa shape index (κ3) is 2.31. The van der Waals surface area contributed by atoms with Gasteiger partial charge in [-0.05, 0) is 18.8 Å². The van der Waals surface area contributed by atoms with E-state index in [0.717, 1.165) is 18.3 Å². The summed E-state index contributed by atoms with van der Waals surface area (Å²) in [5.74, 6) is 1.60. The molecule has 1 aliphatic carbocycles. The van der Waals surface area contributed by atoms with Gasteiger partial charge in [0.25, 0.3) is 0 Å². The van der Waals surface area contributed by atoms with E-state index in [0.29, 0.717) is 5.15 Å². The van der Waals surface area contributed by atoms with E-state index < -0.39 is 0 Å². The maximum absolute atomic E-state index is 5.69. The van der Waals surface area contributed by atoms with Crippen molar-refractivity contribution in [3.8, 4) is 0 Å². The highest BCUT2D eigenvalue weighted by atomic mass is 35.5. The number of hydrogen-bond acceptors (Lipinski definition) is 3.